The second kappa shape index (κ2) is 6.73. The predicted octanol–water partition coefficient (Wildman–Crippen LogP) is 3.54. The SMILES string of the molecule is C=C(OC(C)(C)C)[C@H](Cc1ccccc1)n1cccc(N)c1=O. The first-order valence-electron chi connectivity index (χ1n) is 7.66. The van der Waals surface area contributed by atoms with Gasteiger partial charge in [-0.25, -0.2) is 0 Å². The summed E-state index contributed by atoms with van der Waals surface area (Å²) in [5.74, 6) is 0.550. The summed E-state index contributed by atoms with van der Waals surface area (Å²) in [5, 5.41) is 0. The van der Waals surface area contributed by atoms with Crippen molar-refractivity contribution in [3.05, 3.63) is 76.9 Å². The molecule has 1 heterocycles. The van der Waals surface area contributed by atoms with Gasteiger partial charge in [0.05, 0.1) is 11.7 Å². The summed E-state index contributed by atoms with van der Waals surface area (Å²) < 4.78 is 7.52. The van der Waals surface area contributed by atoms with Gasteiger partial charge in [0.2, 0.25) is 0 Å². The fourth-order valence-electron chi connectivity index (χ4n) is 2.44. The maximum Gasteiger partial charge on any atom is 0.274 e. The smallest absolute Gasteiger partial charge is 0.274 e. The third kappa shape index (κ3) is 4.49. The Kier molecular flexibility index (Phi) is 4.94. The van der Waals surface area contributed by atoms with Crippen molar-refractivity contribution in [2.45, 2.75) is 38.8 Å². The minimum atomic E-state index is -0.379. The molecule has 122 valence electrons. The maximum absolute atomic E-state index is 12.4. The van der Waals surface area contributed by atoms with Gasteiger partial charge in [-0.05, 0) is 38.5 Å². The Labute approximate surface area is 137 Å². The van der Waals surface area contributed by atoms with E-state index in [9.17, 15) is 4.79 Å². The molecule has 0 radical (unpaired) electrons. The van der Waals surface area contributed by atoms with Crippen molar-refractivity contribution in [1.29, 1.82) is 0 Å². The summed E-state index contributed by atoms with van der Waals surface area (Å²) in [4.78, 5) is 12.4. The molecule has 0 saturated heterocycles. The quantitative estimate of drug-likeness (QED) is 0.859. The molecule has 1 atom stereocenters. The lowest BCUT2D eigenvalue weighted by Gasteiger charge is -2.29. The molecular formula is C19H24N2O2. The number of hydrogen-bond acceptors (Lipinski definition) is 3. The summed E-state index contributed by atoms with van der Waals surface area (Å²) in [5.41, 5.74) is 6.49. The first kappa shape index (κ1) is 16.9. The summed E-state index contributed by atoms with van der Waals surface area (Å²) in [7, 11) is 0. The minimum absolute atomic E-state index is 0.217. The third-order valence-electron chi connectivity index (χ3n) is 3.42. The first-order valence-corrected chi connectivity index (χ1v) is 7.66. The average molecular weight is 312 g/mol. The second-order valence-corrected chi connectivity index (χ2v) is 6.56. The highest BCUT2D eigenvalue weighted by Crippen LogP contribution is 2.25. The highest BCUT2D eigenvalue weighted by atomic mass is 16.5. The Morgan fingerprint density at radius 2 is 1.87 bits per heavy atom. The topological polar surface area (TPSA) is 57.2 Å². The lowest BCUT2D eigenvalue weighted by molar-refractivity contribution is 0.0358. The predicted molar refractivity (Wildman–Crippen MR) is 94.3 cm³/mol. The van der Waals surface area contributed by atoms with Gasteiger partial charge in [0.25, 0.3) is 5.56 Å². The van der Waals surface area contributed by atoms with E-state index in [1.165, 1.54) is 0 Å². The van der Waals surface area contributed by atoms with Crippen LogP contribution < -0.4 is 11.3 Å². The Bertz CT molecular complexity index is 727. The van der Waals surface area contributed by atoms with Gasteiger partial charge in [-0.15, -0.1) is 0 Å². The van der Waals surface area contributed by atoms with Gasteiger partial charge in [-0.3, -0.25) is 4.79 Å². The number of hydrogen-bond donors (Lipinski definition) is 1. The molecule has 0 fully saturated rings. The molecule has 1 aromatic heterocycles. The fourth-order valence-corrected chi connectivity index (χ4v) is 2.44. The van der Waals surface area contributed by atoms with E-state index in [0.717, 1.165) is 5.56 Å². The summed E-state index contributed by atoms with van der Waals surface area (Å²) in [6.45, 7) is 9.94. The average Bonchev–Trinajstić information content (AvgIpc) is 2.47. The summed E-state index contributed by atoms with van der Waals surface area (Å²) in [6.07, 6.45) is 2.34. The van der Waals surface area contributed by atoms with Crippen LogP contribution in [0.15, 0.2) is 65.8 Å². The van der Waals surface area contributed by atoms with Gasteiger partial charge in [-0.2, -0.15) is 0 Å². The van der Waals surface area contributed by atoms with Crippen LogP contribution in [0.5, 0.6) is 0 Å². The molecule has 2 N–H and O–H groups in total. The fraction of sp³-hybridized carbons (Fsp3) is 0.316. The van der Waals surface area contributed by atoms with Crippen LogP contribution in [0, 0.1) is 0 Å². The molecule has 2 rings (SSSR count). The van der Waals surface area contributed by atoms with Gasteiger partial charge in [0.15, 0.2) is 0 Å². The molecule has 0 saturated carbocycles. The van der Waals surface area contributed by atoms with Gasteiger partial charge in [0, 0.05) is 12.6 Å². The Morgan fingerprint density at radius 3 is 2.48 bits per heavy atom. The molecule has 0 aliphatic carbocycles. The molecule has 0 amide bonds. The third-order valence-corrected chi connectivity index (χ3v) is 3.42. The summed E-state index contributed by atoms with van der Waals surface area (Å²) >= 11 is 0. The van der Waals surface area contributed by atoms with Crippen molar-refractivity contribution in [3.8, 4) is 0 Å². The van der Waals surface area contributed by atoms with E-state index in [1.807, 2.05) is 51.1 Å². The second-order valence-electron chi connectivity index (χ2n) is 6.56. The number of rotatable bonds is 5. The highest BCUT2D eigenvalue weighted by molar-refractivity contribution is 5.34. The molecule has 0 aliphatic rings. The van der Waals surface area contributed by atoms with Gasteiger partial charge >= 0.3 is 0 Å². The van der Waals surface area contributed by atoms with Crippen LogP contribution in [0.1, 0.15) is 32.4 Å². The van der Waals surface area contributed by atoms with E-state index < -0.39 is 0 Å². The van der Waals surface area contributed by atoms with E-state index >= 15 is 0 Å². The Hall–Kier alpha value is -2.49. The van der Waals surface area contributed by atoms with Gasteiger partial charge in [0.1, 0.15) is 11.4 Å². The molecule has 1 aromatic carbocycles. The number of allylic oxidation sites excluding steroid dienone is 1. The summed E-state index contributed by atoms with van der Waals surface area (Å²) in [6, 6.07) is 13.0. The van der Waals surface area contributed by atoms with E-state index in [-0.39, 0.29) is 22.9 Å². The van der Waals surface area contributed by atoms with Crippen LogP contribution in [0.25, 0.3) is 0 Å². The van der Waals surface area contributed by atoms with Crippen LogP contribution in [0.2, 0.25) is 0 Å². The van der Waals surface area contributed by atoms with Crippen LogP contribution >= 0.6 is 0 Å². The zero-order valence-electron chi connectivity index (χ0n) is 14.0. The van der Waals surface area contributed by atoms with E-state index in [1.54, 1.807) is 22.9 Å². The molecule has 23 heavy (non-hydrogen) atoms. The zero-order valence-corrected chi connectivity index (χ0v) is 14.0. The lowest BCUT2D eigenvalue weighted by Crippen LogP contribution is -2.31. The van der Waals surface area contributed by atoms with E-state index in [4.69, 9.17) is 10.5 Å². The molecule has 2 aromatic rings. The molecule has 4 heteroatoms. The number of aromatic nitrogens is 1. The lowest BCUT2D eigenvalue weighted by atomic mass is 10.0. The number of ether oxygens (including phenoxy) is 1. The number of benzene rings is 1. The molecule has 0 unspecified atom stereocenters. The van der Waals surface area contributed by atoms with Crippen molar-refractivity contribution in [2.75, 3.05) is 5.73 Å². The molecular weight excluding hydrogens is 288 g/mol. The van der Waals surface area contributed by atoms with Crippen molar-refractivity contribution < 1.29 is 4.74 Å². The number of nitrogens with zero attached hydrogens (tertiary/aromatic N) is 1. The molecule has 0 bridgehead atoms. The van der Waals surface area contributed by atoms with Crippen molar-refractivity contribution >= 4 is 5.69 Å². The largest absolute Gasteiger partial charge is 0.491 e. The standard InChI is InChI=1S/C19H24N2O2/c1-14(23-19(2,3)4)17(13-15-9-6-5-7-10-15)21-12-8-11-16(20)18(21)22/h5-12,17H,1,13,20H2,2-4H3/t17-/m0/s1. The maximum atomic E-state index is 12.4. The normalized spacial score (nSPS) is 12.7. The molecule has 4 nitrogen and oxygen atoms in total. The minimum Gasteiger partial charge on any atom is -0.491 e. The number of nitrogen functional groups attached to an aromatic ring is 1. The van der Waals surface area contributed by atoms with Crippen LogP contribution in [-0.4, -0.2) is 10.2 Å². The van der Waals surface area contributed by atoms with E-state index in [2.05, 4.69) is 6.58 Å². The van der Waals surface area contributed by atoms with Crippen LogP contribution in [0.3, 0.4) is 0 Å². The van der Waals surface area contributed by atoms with E-state index in [0.29, 0.717) is 12.2 Å². The number of nitrogens with two attached hydrogens (primary N) is 1. The van der Waals surface area contributed by atoms with Gasteiger partial charge < -0.3 is 15.0 Å². The molecule has 0 aliphatic heterocycles. The number of anilines is 1. The van der Waals surface area contributed by atoms with Crippen LogP contribution in [0.4, 0.5) is 5.69 Å². The first-order chi connectivity index (χ1) is 10.8. The highest BCUT2D eigenvalue weighted by Gasteiger charge is 2.23. The van der Waals surface area contributed by atoms with Crippen molar-refractivity contribution in [1.82, 2.24) is 4.57 Å². The van der Waals surface area contributed by atoms with Crippen molar-refractivity contribution in [3.63, 3.8) is 0 Å². The molecule has 0 spiro atoms. The zero-order chi connectivity index (χ0) is 17.0. The van der Waals surface area contributed by atoms with Crippen LogP contribution in [-0.2, 0) is 11.2 Å². The Balaban J connectivity index is 2.40. The number of pyridine rings is 1. The Morgan fingerprint density at radius 1 is 1.22 bits per heavy atom. The van der Waals surface area contributed by atoms with Crippen molar-refractivity contribution in [2.24, 2.45) is 0 Å². The monoisotopic (exact) mass is 312 g/mol. The van der Waals surface area contributed by atoms with Gasteiger partial charge in [-0.1, -0.05) is 36.9 Å².